The van der Waals surface area contributed by atoms with E-state index in [0.717, 1.165) is 12.8 Å². The van der Waals surface area contributed by atoms with Crippen molar-refractivity contribution < 1.29 is 20.5 Å². The van der Waals surface area contributed by atoms with Gasteiger partial charge in [0.2, 0.25) is 0 Å². The average molecular weight is 431 g/mol. The van der Waals surface area contributed by atoms with Crippen LogP contribution in [0.3, 0.4) is 0 Å². The Balaban J connectivity index is 0. The minimum Gasteiger partial charge on any atom is -0.412 e. The van der Waals surface area contributed by atoms with E-state index < -0.39 is 6.10 Å². The number of carbonyl (C=O) groups excluding carboxylic acids is 1. The second-order valence-electron chi connectivity index (χ2n) is 9.05. The molecule has 0 aliphatic carbocycles. The van der Waals surface area contributed by atoms with E-state index in [2.05, 4.69) is 6.92 Å². The highest BCUT2D eigenvalue weighted by atomic mass is 16.3. The number of Topliss-reactive ketones (excluding diaryl/α,β-unsaturated/α-hetero) is 1. The van der Waals surface area contributed by atoms with Crippen molar-refractivity contribution >= 4 is 5.78 Å². The molecular formula is C26H54O4. The fourth-order valence-electron chi connectivity index (χ4n) is 4.01. The number of hydrogen-bond donors (Lipinski definition) is 2. The zero-order valence-corrected chi connectivity index (χ0v) is 20.1. The van der Waals surface area contributed by atoms with Crippen LogP contribution in [0.4, 0.5) is 0 Å². The summed E-state index contributed by atoms with van der Waals surface area (Å²) in [7, 11) is 0. The van der Waals surface area contributed by atoms with E-state index >= 15 is 0 Å². The van der Waals surface area contributed by atoms with Gasteiger partial charge in [0.25, 0.3) is 0 Å². The quantitative estimate of drug-likeness (QED) is 0.167. The van der Waals surface area contributed by atoms with Crippen molar-refractivity contribution in [3.63, 3.8) is 0 Å². The molecule has 0 rings (SSSR count). The number of aliphatic hydroxyl groups excluding tert-OH is 2. The van der Waals surface area contributed by atoms with Crippen LogP contribution in [0.2, 0.25) is 0 Å². The van der Waals surface area contributed by atoms with E-state index in [1.165, 1.54) is 116 Å². The van der Waals surface area contributed by atoms with Crippen molar-refractivity contribution in [2.75, 3.05) is 6.61 Å². The van der Waals surface area contributed by atoms with E-state index in [1.54, 1.807) is 0 Å². The molecule has 0 saturated carbocycles. The minimum atomic E-state index is -0.868. The zero-order chi connectivity index (χ0) is 21.4. The normalized spacial score (nSPS) is 12.0. The summed E-state index contributed by atoms with van der Waals surface area (Å²) < 4.78 is 0. The number of ketones is 1. The van der Waals surface area contributed by atoms with Gasteiger partial charge in [-0.2, -0.15) is 0 Å². The van der Waals surface area contributed by atoms with Gasteiger partial charge in [-0.3, -0.25) is 4.79 Å². The van der Waals surface area contributed by atoms with Crippen LogP contribution in [0.25, 0.3) is 0 Å². The van der Waals surface area contributed by atoms with Crippen LogP contribution >= 0.6 is 0 Å². The van der Waals surface area contributed by atoms with Gasteiger partial charge in [-0.05, 0) is 6.42 Å². The van der Waals surface area contributed by atoms with Crippen LogP contribution < -0.4 is 0 Å². The third kappa shape index (κ3) is 25.6. The van der Waals surface area contributed by atoms with Gasteiger partial charge < -0.3 is 15.7 Å². The van der Waals surface area contributed by atoms with Gasteiger partial charge in [0.15, 0.2) is 0 Å². The maximum atomic E-state index is 11.5. The van der Waals surface area contributed by atoms with E-state index in [0.29, 0.717) is 6.42 Å². The lowest BCUT2D eigenvalue weighted by molar-refractivity contribution is -0.121. The largest absolute Gasteiger partial charge is 0.412 e. The van der Waals surface area contributed by atoms with Crippen LogP contribution in [-0.2, 0) is 4.79 Å². The molecule has 30 heavy (non-hydrogen) atoms. The highest BCUT2D eigenvalue weighted by Crippen LogP contribution is 2.15. The third-order valence-electron chi connectivity index (χ3n) is 5.98. The van der Waals surface area contributed by atoms with E-state index in [4.69, 9.17) is 5.11 Å². The van der Waals surface area contributed by atoms with Crippen LogP contribution in [0, 0.1) is 0 Å². The average Bonchev–Trinajstić information content (AvgIpc) is 2.72. The first-order valence-electron chi connectivity index (χ1n) is 13.0. The van der Waals surface area contributed by atoms with E-state index in [9.17, 15) is 9.90 Å². The van der Waals surface area contributed by atoms with E-state index in [-0.39, 0.29) is 24.3 Å². The molecule has 4 heteroatoms. The second kappa shape index (κ2) is 26.6. The predicted octanol–water partition coefficient (Wildman–Crippen LogP) is 6.69. The van der Waals surface area contributed by atoms with Gasteiger partial charge in [-0.1, -0.05) is 129 Å². The zero-order valence-electron chi connectivity index (χ0n) is 20.1. The molecule has 0 aromatic rings. The Morgan fingerprint density at radius 1 is 0.600 bits per heavy atom. The van der Waals surface area contributed by atoms with Crippen molar-refractivity contribution in [2.45, 2.75) is 154 Å². The molecule has 1 atom stereocenters. The molecular weight excluding hydrogens is 376 g/mol. The summed E-state index contributed by atoms with van der Waals surface area (Å²) in [6, 6.07) is 0. The van der Waals surface area contributed by atoms with Crippen molar-refractivity contribution in [3.8, 4) is 0 Å². The second-order valence-corrected chi connectivity index (χ2v) is 9.05. The molecule has 0 amide bonds. The molecule has 0 aromatic heterocycles. The lowest BCUT2D eigenvalue weighted by atomic mass is 10.0. The van der Waals surface area contributed by atoms with Crippen molar-refractivity contribution in [3.05, 3.63) is 0 Å². The molecule has 4 nitrogen and oxygen atoms in total. The first-order chi connectivity index (χ1) is 14.2. The summed E-state index contributed by atoms with van der Waals surface area (Å²) in [6.45, 7) is 1.97. The lowest BCUT2D eigenvalue weighted by Crippen LogP contribution is -2.17. The van der Waals surface area contributed by atoms with Gasteiger partial charge in [-0.15, -0.1) is 0 Å². The third-order valence-corrected chi connectivity index (χ3v) is 5.98. The standard InChI is InChI=1S/C26H52O3.H2O/c1-2-3-4-5-6-7-8-9-10-11-12-13-14-15-16-17-18-19-20-21-22-25(28)23-26(29)24-27;/h26-27,29H,2-24H2,1H3;1H2. The summed E-state index contributed by atoms with van der Waals surface area (Å²) in [5.41, 5.74) is 0. The highest BCUT2D eigenvalue weighted by Gasteiger charge is 2.08. The maximum Gasteiger partial charge on any atom is 0.135 e. The smallest absolute Gasteiger partial charge is 0.135 e. The minimum absolute atomic E-state index is 0. The summed E-state index contributed by atoms with van der Waals surface area (Å²) >= 11 is 0. The maximum absolute atomic E-state index is 11.5. The van der Waals surface area contributed by atoms with Crippen molar-refractivity contribution in [1.82, 2.24) is 0 Å². The van der Waals surface area contributed by atoms with Crippen LogP contribution in [0.1, 0.15) is 148 Å². The lowest BCUT2D eigenvalue weighted by Gasteiger charge is -2.06. The molecule has 0 bridgehead atoms. The summed E-state index contributed by atoms with van der Waals surface area (Å²) in [5, 5.41) is 17.9. The number of carbonyl (C=O) groups is 1. The molecule has 1 unspecified atom stereocenters. The predicted molar refractivity (Wildman–Crippen MR) is 129 cm³/mol. The van der Waals surface area contributed by atoms with Crippen LogP contribution in [0.15, 0.2) is 0 Å². The molecule has 0 fully saturated rings. The molecule has 0 spiro atoms. The molecule has 0 aromatic carbocycles. The van der Waals surface area contributed by atoms with Crippen molar-refractivity contribution in [2.24, 2.45) is 0 Å². The Hall–Kier alpha value is -0.450. The monoisotopic (exact) mass is 430 g/mol. The summed E-state index contributed by atoms with van der Waals surface area (Å²) in [6.07, 6.45) is 27.0. The Morgan fingerprint density at radius 2 is 0.900 bits per heavy atom. The molecule has 0 heterocycles. The molecule has 4 N–H and O–H groups in total. The molecule has 0 saturated heterocycles. The van der Waals surface area contributed by atoms with Gasteiger partial charge in [0, 0.05) is 12.8 Å². The Morgan fingerprint density at radius 3 is 1.20 bits per heavy atom. The SMILES string of the molecule is CCCCCCCCCCCCCCCCCCCCCCC(=O)CC(O)CO.O. The fraction of sp³-hybridized carbons (Fsp3) is 0.962. The first-order valence-corrected chi connectivity index (χ1v) is 13.0. The molecule has 0 aliphatic rings. The topological polar surface area (TPSA) is 89.0 Å². The Kier molecular flexibility index (Phi) is 28.1. The van der Waals surface area contributed by atoms with Crippen LogP contribution in [-0.4, -0.2) is 34.2 Å². The Labute approximate surface area is 187 Å². The highest BCUT2D eigenvalue weighted by molar-refractivity contribution is 5.78. The molecule has 0 aliphatic heterocycles. The van der Waals surface area contributed by atoms with Crippen molar-refractivity contribution in [1.29, 1.82) is 0 Å². The number of rotatable bonds is 24. The number of hydrogen-bond acceptors (Lipinski definition) is 3. The Bertz CT molecular complexity index is 333. The summed E-state index contributed by atoms with van der Waals surface area (Å²) in [4.78, 5) is 11.5. The van der Waals surface area contributed by atoms with Gasteiger partial charge >= 0.3 is 0 Å². The summed E-state index contributed by atoms with van der Waals surface area (Å²) in [5.74, 6) is 0.0777. The number of aliphatic hydroxyl groups is 2. The molecule has 182 valence electrons. The van der Waals surface area contributed by atoms with Gasteiger partial charge in [0.1, 0.15) is 5.78 Å². The fourth-order valence-corrected chi connectivity index (χ4v) is 4.01. The molecule has 0 radical (unpaired) electrons. The van der Waals surface area contributed by atoms with E-state index in [1.807, 2.05) is 0 Å². The van der Waals surface area contributed by atoms with Gasteiger partial charge in [0.05, 0.1) is 12.7 Å². The number of unbranched alkanes of at least 4 members (excludes halogenated alkanes) is 19. The van der Waals surface area contributed by atoms with Gasteiger partial charge in [-0.25, -0.2) is 0 Å². The van der Waals surface area contributed by atoms with Crippen LogP contribution in [0.5, 0.6) is 0 Å². The first kappa shape index (κ1) is 31.7.